The highest BCUT2D eigenvalue weighted by Crippen LogP contribution is 2.31. The van der Waals surface area contributed by atoms with E-state index in [1.165, 1.54) is 12.1 Å². The van der Waals surface area contributed by atoms with E-state index in [4.69, 9.17) is 4.74 Å². The number of halogens is 2. The van der Waals surface area contributed by atoms with Crippen molar-refractivity contribution >= 4 is 5.69 Å². The number of nitrogens with zero attached hydrogens (tertiary/aromatic N) is 3. The van der Waals surface area contributed by atoms with Crippen molar-refractivity contribution in [1.82, 2.24) is 9.97 Å². The van der Waals surface area contributed by atoms with Crippen molar-refractivity contribution in [1.29, 1.82) is 0 Å². The molecule has 0 spiro atoms. The Labute approximate surface area is 134 Å². The highest BCUT2D eigenvalue weighted by Gasteiger charge is 2.22. The molecule has 0 saturated carbocycles. The summed E-state index contributed by atoms with van der Waals surface area (Å²) >= 11 is 0. The number of ether oxygens (including phenoxy) is 1. The molecular formula is C17H18F2N3O. The molecule has 1 aromatic heterocycles. The second-order valence-electron chi connectivity index (χ2n) is 5.42. The van der Waals surface area contributed by atoms with Crippen molar-refractivity contribution in [3.63, 3.8) is 0 Å². The molecular weight excluding hydrogens is 300 g/mol. The lowest BCUT2D eigenvalue weighted by Crippen LogP contribution is -2.20. The second kappa shape index (κ2) is 6.48. The first-order chi connectivity index (χ1) is 11.1. The van der Waals surface area contributed by atoms with E-state index >= 15 is 0 Å². The van der Waals surface area contributed by atoms with Gasteiger partial charge in [0.05, 0.1) is 6.61 Å². The van der Waals surface area contributed by atoms with Crippen molar-refractivity contribution in [2.24, 2.45) is 0 Å². The predicted molar refractivity (Wildman–Crippen MR) is 84.4 cm³/mol. The SMILES string of the molecule is CCOc1cc(C)nc(-c2cc(F)c(N3C[CH]CC3)c(F)c2)n1. The Morgan fingerprint density at radius 3 is 2.52 bits per heavy atom. The Bertz CT molecular complexity index is 692. The Morgan fingerprint density at radius 1 is 1.17 bits per heavy atom. The lowest BCUT2D eigenvalue weighted by Gasteiger charge is -2.19. The first-order valence-corrected chi connectivity index (χ1v) is 7.63. The molecule has 0 aliphatic carbocycles. The van der Waals surface area contributed by atoms with E-state index in [2.05, 4.69) is 9.97 Å². The summed E-state index contributed by atoms with van der Waals surface area (Å²) in [7, 11) is 0. The Hall–Kier alpha value is -2.24. The maximum Gasteiger partial charge on any atom is 0.217 e. The smallest absolute Gasteiger partial charge is 0.217 e. The third-order valence-electron chi connectivity index (χ3n) is 3.67. The van der Waals surface area contributed by atoms with Gasteiger partial charge in [0.2, 0.25) is 5.88 Å². The van der Waals surface area contributed by atoms with Gasteiger partial charge in [0, 0.05) is 30.4 Å². The average Bonchev–Trinajstić information content (AvgIpc) is 3.00. The van der Waals surface area contributed by atoms with Crippen LogP contribution >= 0.6 is 0 Å². The van der Waals surface area contributed by atoms with Crippen molar-refractivity contribution in [2.75, 3.05) is 24.6 Å². The first kappa shape index (κ1) is 15.6. The van der Waals surface area contributed by atoms with Crippen LogP contribution in [0.3, 0.4) is 0 Å². The van der Waals surface area contributed by atoms with Crippen LogP contribution in [0.15, 0.2) is 18.2 Å². The molecule has 0 bridgehead atoms. The maximum atomic E-state index is 14.4. The Morgan fingerprint density at radius 2 is 1.91 bits per heavy atom. The highest BCUT2D eigenvalue weighted by molar-refractivity contribution is 5.63. The lowest BCUT2D eigenvalue weighted by molar-refractivity contribution is 0.326. The lowest BCUT2D eigenvalue weighted by atomic mass is 10.1. The van der Waals surface area contributed by atoms with Gasteiger partial charge in [-0.25, -0.2) is 13.8 Å². The van der Waals surface area contributed by atoms with Crippen LogP contribution in [-0.4, -0.2) is 29.7 Å². The van der Waals surface area contributed by atoms with Crippen LogP contribution in [0.5, 0.6) is 5.88 Å². The third-order valence-corrected chi connectivity index (χ3v) is 3.67. The number of anilines is 1. The van der Waals surface area contributed by atoms with Gasteiger partial charge in [0.25, 0.3) is 0 Å². The molecule has 1 fully saturated rings. The van der Waals surface area contributed by atoms with Gasteiger partial charge in [-0.15, -0.1) is 0 Å². The van der Waals surface area contributed by atoms with Crippen LogP contribution in [0.25, 0.3) is 11.4 Å². The molecule has 121 valence electrons. The Balaban J connectivity index is 2.01. The fourth-order valence-electron chi connectivity index (χ4n) is 2.68. The molecule has 0 amide bonds. The van der Waals surface area contributed by atoms with E-state index in [-0.39, 0.29) is 11.5 Å². The van der Waals surface area contributed by atoms with E-state index < -0.39 is 11.6 Å². The standard InChI is InChI=1S/C17H18F2N3O/c1-3-23-15-8-11(2)20-17(21-15)12-9-13(18)16(14(19)10-12)22-6-4-5-7-22/h4,8-10H,3,5-7H2,1-2H3. The van der Waals surface area contributed by atoms with E-state index in [9.17, 15) is 8.78 Å². The molecule has 1 aliphatic rings. The number of rotatable bonds is 4. The topological polar surface area (TPSA) is 38.2 Å². The third kappa shape index (κ3) is 3.25. The number of hydrogen-bond donors (Lipinski definition) is 0. The fraction of sp³-hybridized carbons (Fsp3) is 0.353. The minimum atomic E-state index is -0.599. The van der Waals surface area contributed by atoms with Gasteiger partial charge < -0.3 is 9.64 Å². The maximum absolute atomic E-state index is 14.4. The van der Waals surface area contributed by atoms with Crippen molar-refractivity contribution < 1.29 is 13.5 Å². The molecule has 0 atom stereocenters. The zero-order valence-electron chi connectivity index (χ0n) is 13.1. The molecule has 2 heterocycles. The van der Waals surface area contributed by atoms with E-state index in [1.54, 1.807) is 17.9 Å². The monoisotopic (exact) mass is 318 g/mol. The molecule has 4 nitrogen and oxygen atoms in total. The molecule has 0 unspecified atom stereocenters. The normalized spacial score (nSPS) is 14.3. The molecule has 23 heavy (non-hydrogen) atoms. The van der Waals surface area contributed by atoms with Gasteiger partial charge >= 0.3 is 0 Å². The predicted octanol–water partition coefficient (Wildman–Crippen LogP) is 3.54. The van der Waals surface area contributed by atoms with Crippen LogP contribution in [-0.2, 0) is 0 Å². The van der Waals surface area contributed by atoms with Crippen LogP contribution in [0.4, 0.5) is 14.5 Å². The summed E-state index contributed by atoms with van der Waals surface area (Å²) in [5, 5.41) is 0. The van der Waals surface area contributed by atoms with Crippen LogP contribution in [0, 0.1) is 25.0 Å². The second-order valence-corrected chi connectivity index (χ2v) is 5.42. The van der Waals surface area contributed by atoms with E-state index in [0.29, 0.717) is 36.8 Å². The van der Waals surface area contributed by atoms with Gasteiger partial charge in [0.15, 0.2) is 5.82 Å². The van der Waals surface area contributed by atoms with E-state index in [1.807, 2.05) is 13.3 Å². The molecule has 3 rings (SSSR count). The minimum absolute atomic E-state index is 0.0141. The summed E-state index contributed by atoms with van der Waals surface area (Å²) in [6.45, 7) is 5.28. The molecule has 2 aromatic rings. The average molecular weight is 318 g/mol. The van der Waals surface area contributed by atoms with Gasteiger partial charge in [-0.1, -0.05) is 0 Å². The summed E-state index contributed by atoms with van der Waals surface area (Å²) in [6, 6.07) is 4.25. The number of hydrogen-bond acceptors (Lipinski definition) is 4. The van der Waals surface area contributed by atoms with Crippen LogP contribution in [0.2, 0.25) is 0 Å². The van der Waals surface area contributed by atoms with Crippen molar-refractivity contribution in [3.05, 3.63) is 41.9 Å². The molecule has 1 radical (unpaired) electrons. The summed E-state index contributed by atoms with van der Waals surface area (Å²) in [5.74, 6) is -0.545. The summed E-state index contributed by atoms with van der Waals surface area (Å²) in [6.07, 6.45) is 2.84. The summed E-state index contributed by atoms with van der Waals surface area (Å²) in [5.41, 5.74) is 0.995. The minimum Gasteiger partial charge on any atom is -0.478 e. The number of aromatic nitrogens is 2. The van der Waals surface area contributed by atoms with Gasteiger partial charge in [-0.3, -0.25) is 0 Å². The number of aryl methyl sites for hydroxylation is 1. The first-order valence-electron chi connectivity index (χ1n) is 7.63. The summed E-state index contributed by atoms with van der Waals surface area (Å²) < 4.78 is 34.2. The molecule has 6 heteroatoms. The highest BCUT2D eigenvalue weighted by atomic mass is 19.1. The summed E-state index contributed by atoms with van der Waals surface area (Å²) in [4.78, 5) is 10.2. The van der Waals surface area contributed by atoms with E-state index in [0.717, 1.165) is 6.42 Å². The Kier molecular flexibility index (Phi) is 4.41. The van der Waals surface area contributed by atoms with Crippen LogP contribution < -0.4 is 9.64 Å². The fourth-order valence-corrected chi connectivity index (χ4v) is 2.68. The quantitative estimate of drug-likeness (QED) is 0.864. The number of benzene rings is 1. The zero-order chi connectivity index (χ0) is 16.4. The van der Waals surface area contributed by atoms with Gasteiger partial charge in [-0.05, 0) is 38.8 Å². The van der Waals surface area contributed by atoms with Gasteiger partial charge in [-0.2, -0.15) is 4.98 Å². The van der Waals surface area contributed by atoms with Crippen molar-refractivity contribution in [3.8, 4) is 17.3 Å². The molecule has 0 N–H and O–H groups in total. The van der Waals surface area contributed by atoms with Gasteiger partial charge in [0.1, 0.15) is 17.3 Å². The van der Waals surface area contributed by atoms with Crippen molar-refractivity contribution in [2.45, 2.75) is 20.3 Å². The zero-order valence-corrected chi connectivity index (χ0v) is 13.1. The molecule has 1 aromatic carbocycles. The largest absolute Gasteiger partial charge is 0.478 e. The molecule has 1 saturated heterocycles. The molecule has 1 aliphatic heterocycles. The van der Waals surface area contributed by atoms with Crippen LogP contribution in [0.1, 0.15) is 19.0 Å².